The van der Waals surface area contributed by atoms with E-state index >= 15 is 0 Å². The van der Waals surface area contributed by atoms with Crippen molar-refractivity contribution in [3.63, 3.8) is 0 Å². The third-order valence-corrected chi connectivity index (χ3v) is 3.56. The van der Waals surface area contributed by atoms with Gasteiger partial charge in [0.1, 0.15) is 5.75 Å². The van der Waals surface area contributed by atoms with Crippen molar-refractivity contribution in [2.45, 2.75) is 26.7 Å². The molecular formula is C16H22ClN5O. The van der Waals surface area contributed by atoms with Gasteiger partial charge in [0.15, 0.2) is 5.82 Å². The molecule has 0 bridgehead atoms. The molecule has 0 radical (unpaired) electrons. The van der Waals surface area contributed by atoms with Crippen LogP contribution in [-0.2, 0) is 0 Å². The fourth-order valence-corrected chi connectivity index (χ4v) is 2.51. The molecule has 0 aliphatic heterocycles. The van der Waals surface area contributed by atoms with E-state index in [1.165, 1.54) is 0 Å². The molecule has 6 nitrogen and oxygen atoms in total. The van der Waals surface area contributed by atoms with Crippen LogP contribution in [0.15, 0.2) is 24.4 Å². The van der Waals surface area contributed by atoms with Crippen molar-refractivity contribution in [2.75, 3.05) is 30.4 Å². The zero-order valence-corrected chi connectivity index (χ0v) is 14.5. The van der Waals surface area contributed by atoms with Crippen LogP contribution in [-0.4, -0.2) is 35.4 Å². The molecule has 124 valence electrons. The second kappa shape index (κ2) is 8.53. The Morgan fingerprint density at radius 3 is 2.57 bits per heavy atom. The second-order valence-corrected chi connectivity index (χ2v) is 5.51. The quantitative estimate of drug-likeness (QED) is 0.789. The molecule has 0 fully saturated rings. The van der Waals surface area contributed by atoms with Crippen LogP contribution in [0.5, 0.6) is 5.75 Å². The summed E-state index contributed by atoms with van der Waals surface area (Å²) in [6, 6.07) is 5.42. The Kier molecular flexibility index (Phi) is 6.40. The lowest BCUT2D eigenvalue weighted by molar-refractivity contribution is 0.415. The Bertz CT molecular complexity index is 632. The van der Waals surface area contributed by atoms with Crippen molar-refractivity contribution in [2.24, 2.45) is 0 Å². The molecule has 1 heterocycles. The van der Waals surface area contributed by atoms with E-state index in [0.29, 0.717) is 16.7 Å². The van der Waals surface area contributed by atoms with Gasteiger partial charge < -0.3 is 15.0 Å². The Morgan fingerprint density at radius 2 is 1.96 bits per heavy atom. The number of ether oxygens (including phenoxy) is 1. The fourth-order valence-electron chi connectivity index (χ4n) is 2.25. The summed E-state index contributed by atoms with van der Waals surface area (Å²) in [7, 11) is 1.58. The Labute approximate surface area is 141 Å². The average Bonchev–Trinajstić information content (AvgIpc) is 2.55. The van der Waals surface area contributed by atoms with Crippen LogP contribution in [0.3, 0.4) is 0 Å². The smallest absolute Gasteiger partial charge is 0.249 e. The summed E-state index contributed by atoms with van der Waals surface area (Å²) in [5.74, 6) is 1.90. The predicted octanol–water partition coefficient (Wildman–Crippen LogP) is 3.90. The van der Waals surface area contributed by atoms with Crippen LogP contribution in [0.1, 0.15) is 26.7 Å². The van der Waals surface area contributed by atoms with Gasteiger partial charge in [0.05, 0.1) is 18.3 Å². The highest BCUT2D eigenvalue weighted by Crippen LogP contribution is 2.28. The van der Waals surface area contributed by atoms with E-state index in [1.54, 1.807) is 25.4 Å². The SMILES string of the molecule is CCCN(CCC)c1cnnc(Nc2ccc(OC)c(Cl)c2)n1. The number of nitrogens with zero attached hydrogens (tertiary/aromatic N) is 4. The maximum Gasteiger partial charge on any atom is 0.249 e. The van der Waals surface area contributed by atoms with Crippen LogP contribution in [0.2, 0.25) is 5.02 Å². The summed E-state index contributed by atoms with van der Waals surface area (Å²) in [6.45, 7) is 6.19. The van der Waals surface area contributed by atoms with Gasteiger partial charge in [0.2, 0.25) is 5.95 Å². The standard InChI is InChI=1S/C16H22ClN5O/c1-4-8-22(9-5-2)15-11-18-21-16(20-15)19-12-6-7-14(23-3)13(17)10-12/h6-7,10-11H,4-5,8-9H2,1-3H3,(H,19,20,21). The van der Waals surface area contributed by atoms with Crippen LogP contribution in [0, 0.1) is 0 Å². The number of rotatable bonds is 8. The highest BCUT2D eigenvalue weighted by molar-refractivity contribution is 6.32. The summed E-state index contributed by atoms with van der Waals surface area (Å²) in [5, 5.41) is 11.7. The average molecular weight is 336 g/mol. The number of anilines is 3. The molecule has 1 aromatic carbocycles. The zero-order valence-electron chi connectivity index (χ0n) is 13.7. The molecule has 0 spiro atoms. The van der Waals surface area contributed by atoms with Crippen molar-refractivity contribution < 1.29 is 4.74 Å². The molecule has 1 N–H and O–H groups in total. The van der Waals surface area contributed by atoms with E-state index < -0.39 is 0 Å². The minimum atomic E-state index is 0.445. The first-order chi connectivity index (χ1) is 11.2. The highest BCUT2D eigenvalue weighted by Gasteiger charge is 2.09. The van der Waals surface area contributed by atoms with Gasteiger partial charge in [-0.05, 0) is 31.0 Å². The van der Waals surface area contributed by atoms with E-state index in [0.717, 1.165) is 37.4 Å². The maximum absolute atomic E-state index is 6.13. The van der Waals surface area contributed by atoms with Crippen LogP contribution < -0.4 is 15.0 Å². The number of hydrogen-bond donors (Lipinski definition) is 1. The minimum Gasteiger partial charge on any atom is -0.495 e. The van der Waals surface area contributed by atoms with E-state index in [-0.39, 0.29) is 0 Å². The topological polar surface area (TPSA) is 63.2 Å². The first kappa shape index (κ1) is 17.3. The van der Waals surface area contributed by atoms with Gasteiger partial charge in [-0.3, -0.25) is 0 Å². The maximum atomic E-state index is 6.13. The molecule has 0 aliphatic carbocycles. The lowest BCUT2D eigenvalue weighted by atomic mass is 10.3. The molecule has 0 saturated heterocycles. The van der Waals surface area contributed by atoms with Crippen molar-refractivity contribution >= 4 is 29.1 Å². The molecule has 0 saturated carbocycles. The first-order valence-corrected chi connectivity index (χ1v) is 8.11. The van der Waals surface area contributed by atoms with Crippen LogP contribution in [0.25, 0.3) is 0 Å². The number of methoxy groups -OCH3 is 1. The van der Waals surface area contributed by atoms with Crippen LogP contribution >= 0.6 is 11.6 Å². The molecule has 0 unspecified atom stereocenters. The van der Waals surface area contributed by atoms with Crippen molar-refractivity contribution in [3.05, 3.63) is 29.4 Å². The number of hydrogen-bond acceptors (Lipinski definition) is 6. The van der Waals surface area contributed by atoms with E-state index in [1.807, 2.05) is 6.07 Å². The largest absolute Gasteiger partial charge is 0.495 e. The Morgan fingerprint density at radius 1 is 1.22 bits per heavy atom. The number of nitrogens with one attached hydrogen (secondary N) is 1. The van der Waals surface area contributed by atoms with E-state index in [4.69, 9.17) is 16.3 Å². The molecular weight excluding hydrogens is 314 g/mol. The highest BCUT2D eigenvalue weighted by atomic mass is 35.5. The molecule has 2 aromatic rings. The molecule has 7 heteroatoms. The van der Waals surface area contributed by atoms with Crippen molar-refractivity contribution in [3.8, 4) is 5.75 Å². The lowest BCUT2D eigenvalue weighted by Crippen LogP contribution is -2.26. The molecule has 0 amide bonds. The summed E-state index contributed by atoms with van der Waals surface area (Å²) in [6.07, 6.45) is 3.80. The molecule has 2 rings (SSSR count). The summed E-state index contributed by atoms with van der Waals surface area (Å²) < 4.78 is 5.14. The number of aromatic nitrogens is 3. The molecule has 1 aromatic heterocycles. The molecule has 23 heavy (non-hydrogen) atoms. The predicted molar refractivity (Wildman–Crippen MR) is 93.9 cm³/mol. The number of halogens is 1. The second-order valence-electron chi connectivity index (χ2n) is 5.10. The number of benzene rings is 1. The third kappa shape index (κ3) is 4.69. The lowest BCUT2D eigenvalue weighted by Gasteiger charge is -2.22. The van der Waals surface area contributed by atoms with Gasteiger partial charge in [-0.15, -0.1) is 5.10 Å². The normalized spacial score (nSPS) is 10.4. The van der Waals surface area contributed by atoms with Gasteiger partial charge in [-0.1, -0.05) is 25.4 Å². The van der Waals surface area contributed by atoms with Gasteiger partial charge in [0, 0.05) is 18.8 Å². The van der Waals surface area contributed by atoms with E-state index in [2.05, 4.69) is 39.2 Å². The Hall–Kier alpha value is -2.08. The van der Waals surface area contributed by atoms with Gasteiger partial charge in [-0.25, -0.2) is 0 Å². The summed E-state index contributed by atoms with van der Waals surface area (Å²) in [5.41, 5.74) is 0.785. The fraction of sp³-hybridized carbons (Fsp3) is 0.438. The monoisotopic (exact) mass is 335 g/mol. The van der Waals surface area contributed by atoms with Gasteiger partial charge in [-0.2, -0.15) is 10.1 Å². The van der Waals surface area contributed by atoms with Crippen molar-refractivity contribution in [1.29, 1.82) is 0 Å². The summed E-state index contributed by atoms with van der Waals surface area (Å²) in [4.78, 5) is 6.75. The summed E-state index contributed by atoms with van der Waals surface area (Å²) >= 11 is 6.13. The minimum absolute atomic E-state index is 0.445. The molecule has 0 atom stereocenters. The van der Waals surface area contributed by atoms with E-state index in [9.17, 15) is 0 Å². The third-order valence-electron chi connectivity index (χ3n) is 3.27. The van der Waals surface area contributed by atoms with Crippen molar-refractivity contribution in [1.82, 2.24) is 15.2 Å². The van der Waals surface area contributed by atoms with Gasteiger partial charge >= 0.3 is 0 Å². The zero-order chi connectivity index (χ0) is 16.7. The molecule has 0 aliphatic rings. The Balaban J connectivity index is 2.17. The van der Waals surface area contributed by atoms with Gasteiger partial charge in [0.25, 0.3) is 0 Å². The van der Waals surface area contributed by atoms with Crippen LogP contribution in [0.4, 0.5) is 17.5 Å². The first-order valence-electron chi connectivity index (χ1n) is 7.73.